The quantitative estimate of drug-likeness (QED) is 0.235. The van der Waals surface area contributed by atoms with E-state index in [1.54, 1.807) is 0 Å². The van der Waals surface area contributed by atoms with E-state index in [-0.39, 0.29) is 25.7 Å². The monoisotopic (exact) mass is 494 g/mol. The van der Waals surface area contributed by atoms with Crippen LogP contribution in [0.15, 0.2) is 72.8 Å². The van der Waals surface area contributed by atoms with Crippen LogP contribution in [0.25, 0.3) is 0 Å². The molecule has 0 heterocycles. The fourth-order valence-corrected chi connectivity index (χ4v) is 4.17. The fraction of sp³-hybridized carbons (Fsp3) is 0.400. The molecular formula is C30H38O6. The van der Waals surface area contributed by atoms with Crippen LogP contribution >= 0.6 is 0 Å². The summed E-state index contributed by atoms with van der Waals surface area (Å²) in [7, 11) is 0. The summed E-state index contributed by atoms with van der Waals surface area (Å²) >= 11 is 0. The average Bonchev–Trinajstić information content (AvgIpc) is 2.91. The predicted molar refractivity (Wildman–Crippen MR) is 141 cm³/mol. The summed E-state index contributed by atoms with van der Waals surface area (Å²) in [5, 5.41) is 27.5. The van der Waals surface area contributed by atoms with Gasteiger partial charge in [0.05, 0.1) is 19.8 Å². The maximum atomic E-state index is 9.21. The zero-order valence-electron chi connectivity index (χ0n) is 20.9. The third-order valence-corrected chi connectivity index (χ3v) is 5.94. The highest BCUT2D eigenvalue weighted by Crippen LogP contribution is 2.40. The van der Waals surface area contributed by atoms with Gasteiger partial charge in [0, 0.05) is 56.1 Å². The molecule has 0 aliphatic heterocycles. The van der Waals surface area contributed by atoms with Crippen LogP contribution in [0.3, 0.4) is 0 Å². The second kappa shape index (κ2) is 15.8. The molecule has 0 radical (unpaired) electrons. The number of ether oxygens (including phenoxy) is 3. The van der Waals surface area contributed by atoms with Gasteiger partial charge in [-0.05, 0) is 36.6 Å². The number of hydrogen-bond donors (Lipinski definition) is 3. The average molecular weight is 495 g/mol. The summed E-state index contributed by atoms with van der Waals surface area (Å²) < 4.78 is 18.1. The Hall–Kier alpha value is -3.06. The fourth-order valence-electron chi connectivity index (χ4n) is 4.17. The highest BCUT2D eigenvalue weighted by molar-refractivity contribution is 5.47. The largest absolute Gasteiger partial charge is 0.493 e. The van der Waals surface area contributed by atoms with Gasteiger partial charge < -0.3 is 29.5 Å². The number of para-hydroxylation sites is 3. The Morgan fingerprint density at radius 2 is 0.944 bits per heavy atom. The lowest BCUT2D eigenvalue weighted by Crippen LogP contribution is -2.11. The lowest BCUT2D eigenvalue weighted by molar-refractivity contribution is 0.231. The molecule has 0 aliphatic carbocycles. The summed E-state index contributed by atoms with van der Waals surface area (Å²) in [4.78, 5) is 0. The highest BCUT2D eigenvalue weighted by Gasteiger charge is 2.22. The van der Waals surface area contributed by atoms with E-state index in [2.05, 4.69) is 18.2 Å². The van der Waals surface area contributed by atoms with Gasteiger partial charge in [-0.25, -0.2) is 0 Å². The smallest absolute Gasteiger partial charge is 0.123 e. The number of benzene rings is 3. The predicted octanol–water partition coefficient (Wildman–Crippen LogP) is 4.73. The molecule has 194 valence electrons. The maximum Gasteiger partial charge on any atom is 0.123 e. The molecule has 36 heavy (non-hydrogen) atoms. The summed E-state index contributed by atoms with van der Waals surface area (Å²) in [5.74, 6) is 2.43. The molecule has 3 aromatic rings. The van der Waals surface area contributed by atoms with E-state index in [1.165, 1.54) is 0 Å². The lowest BCUT2D eigenvalue weighted by Gasteiger charge is -2.24. The van der Waals surface area contributed by atoms with Crippen LogP contribution in [-0.2, 0) is 6.42 Å². The lowest BCUT2D eigenvalue weighted by atomic mass is 9.85. The minimum atomic E-state index is -0.00819. The highest BCUT2D eigenvalue weighted by atomic mass is 16.5. The summed E-state index contributed by atoms with van der Waals surface area (Å²) in [5.41, 5.74) is 3.23. The van der Waals surface area contributed by atoms with Gasteiger partial charge >= 0.3 is 0 Å². The van der Waals surface area contributed by atoms with Crippen LogP contribution in [0.4, 0.5) is 0 Å². The van der Waals surface area contributed by atoms with Crippen molar-refractivity contribution < 1.29 is 29.5 Å². The van der Waals surface area contributed by atoms with Crippen molar-refractivity contribution in [2.45, 2.75) is 38.0 Å². The first kappa shape index (κ1) is 27.5. The van der Waals surface area contributed by atoms with Crippen molar-refractivity contribution >= 4 is 0 Å². The second-order valence-corrected chi connectivity index (χ2v) is 8.55. The van der Waals surface area contributed by atoms with Gasteiger partial charge in [-0.2, -0.15) is 0 Å². The first-order valence-electron chi connectivity index (χ1n) is 12.7. The number of rotatable bonds is 17. The Bertz CT molecular complexity index is 968. The van der Waals surface area contributed by atoms with Crippen molar-refractivity contribution in [3.8, 4) is 17.2 Å². The summed E-state index contributed by atoms with van der Waals surface area (Å²) in [6.45, 7) is 1.62. The Kier molecular flexibility index (Phi) is 12.1. The summed E-state index contributed by atoms with van der Waals surface area (Å²) in [6.07, 6.45) is 3.29. The number of aryl methyl sites for hydroxylation is 1. The SMILES string of the molecule is OCCCOc1ccccc1CCC(c1ccccc1OCCCO)c1ccccc1OCCCO. The van der Waals surface area contributed by atoms with Gasteiger partial charge in [-0.1, -0.05) is 54.6 Å². The van der Waals surface area contributed by atoms with Gasteiger partial charge in [0.25, 0.3) is 0 Å². The van der Waals surface area contributed by atoms with Gasteiger partial charge in [0.15, 0.2) is 0 Å². The molecule has 0 aliphatic rings. The maximum absolute atomic E-state index is 9.21. The molecule has 0 saturated heterocycles. The molecule has 3 aromatic carbocycles. The van der Waals surface area contributed by atoms with E-state index in [1.807, 2.05) is 54.6 Å². The first-order valence-corrected chi connectivity index (χ1v) is 12.7. The molecule has 0 atom stereocenters. The van der Waals surface area contributed by atoms with Crippen LogP contribution in [0.5, 0.6) is 17.2 Å². The Morgan fingerprint density at radius 1 is 0.528 bits per heavy atom. The standard InChI is InChI=1S/C30H38O6/c31-18-7-21-34-28-13-4-1-10-24(28)16-17-25(26-11-2-5-14-29(26)35-22-8-19-32)27-12-3-6-15-30(27)36-23-9-20-33/h1-6,10-15,25,31-33H,7-9,16-23H2. The molecule has 6 heteroatoms. The Morgan fingerprint density at radius 3 is 1.44 bits per heavy atom. The molecule has 3 rings (SSSR count). The van der Waals surface area contributed by atoms with E-state index in [9.17, 15) is 10.2 Å². The van der Waals surface area contributed by atoms with E-state index in [0.29, 0.717) is 39.1 Å². The molecule has 3 N–H and O–H groups in total. The molecular weight excluding hydrogens is 456 g/mol. The minimum absolute atomic E-state index is 0.00819. The van der Waals surface area contributed by atoms with E-state index in [4.69, 9.17) is 19.3 Å². The van der Waals surface area contributed by atoms with Crippen molar-refractivity contribution in [3.63, 3.8) is 0 Å². The van der Waals surface area contributed by atoms with E-state index in [0.717, 1.165) is 46.8 Å². The van der Waals surface area contributed by atoms with Gasteiger partial charge in [-0.15, -0.1) is 0 Å². The number of hydrogen-bond acceptors (Lipinski definition) is 6. The zero-order valence-corrected chi connectivity index (χ0v) is 20.9. The van der Waals surface area contributed by atoms with Gasteiger partial charge in [-0.3, -0.25) is 0 Å². The van der Waals surface area contributed by atoms with Crippen LogP contribution in [0.2, 0.25) is 0 Å². The van der Waals surface area contributed by atoms with Gasteiger partial charge in [0.2, 0.25) is 0 Å². The van der Waals surface area contributed by atoms with Crippen molar-refractivity contribution in [1.29, 1.82) is 0 Å². The topological polar surface area (TPSA) is 88.4 Å². The van der Waals surface area contributed by atoms with E-state index >= 15 is 0 Å². The molecule has 0 spiro atoms. The minimum Gasteiger partial charge on any atom is -0.493 e. The Balaban J connectivity index is 1.92. The molecule has 0 unspecified atom stereocenters. The van der Waals surface area contributed by atoms with Crippen molar-refractivity contribution in [2.75, 3.05) is 39.6 Å². The molecule has 0 saturated carbocycles. The molecule has 0 fully saturated rings. The normalized spacial score (nSPS) is 11.0. The third-order valence-electron chi connectivity index (χ3n) is 5.94. The zero-order chi connectivity index (χ0) is 25.4. The van der Waals surface area contributed by atoms with Crippen molar-refractivity contribution in [3.05, 3.63) is 89.5 Å². The van der Waals surface area contributed by atoms with Crippen LogP contribution in [-0.4, -0.2) is 55.0 Å². The van der Waals surface area contributed by atoms with Crippen LogP contribution < -0.4 is 14.2 Å². The Labute approximate surface area is 214 Å². The van der Waals surface area contributed by atoms with Gasteiger partial charge in [0.1, 0.15) is 17.2 Å². The molecule has 0 aromatic heterocycles. The summed E-state index contributed by atoms with van der Waals surface area (Å²) in [6, 6.07) is 24.1. The molecule has 0 bridgehead atoms. The van der Waals surface area contributed by atoms with Crippen molar-refractivity contribution in [1.82, 2.24) is 0 Å². The number of aliphatic hydroxyl groups excluding tert-OH is 3. The van der Waals surface area contributed by atoms with Crippen LogP contribution in [0, 0.1) is 0 Å². The van der Waals surface area contributed by atoms with Crippen molar-refractivity contribution in [2.24, 2.45) is 0 Å². The molecule has 0 amide bonds. The number of aliphatic hydroxyl groups is 3. The second-order valence-electron chi connectivity index (χ2n) is 8.55. The third kappa shape index (κ3) is 8.26. The van der Waals surface area contributed by atoms with E-state index < -0.39 is 0 Å². The first-order chi connectivity index (χ1) is 17.8. The van der Waals surface area contributed by atoms with Crippen LogP contribution in [0.1, 0.15) is 48.3 Å². The molecule has 6 nitrogen and oxygen atoms in total.